The molecule has 1 fully saturated rings. The summed E-state index contributed by atoms with van der Waals surface area (Å²) in [4.78, 5) is 15.7. The normalized spacial score (nSPS) is 18.9. The van der Waals surface area contributed by atoms with Crippen molar-refractivity contribution in [2.24, 2.45) is 0 Å². The number of piperazine rings is 1. The molecule has 2 aliphatic rings. The Hall–Kier alpha value is -2.81. The minimum absolute atomic E-state index is 0.0901. The van der Waals surface area contributed by atoms with Gasteiger partial charge in [-0.2, -0.15) is 9.78 Å². The van der Waals surface area contributed by atoms with E-state index in [1.807, 2.05) is 54.6 Å². The number of fused-ring (bicyclic) bond motifs is 1. The number of anilines is 1. The fourth-order valence-corrected chi connectivity index (χ4v) is 5.77. The number of hydrogen-bond acceptors (Lipinski definition) is 6. The van der Waals surface area contributed by atoms with Crippen LogP contribution in [0.1, 0.15) is 30.9 Å². The summed E-state index contributed by atoms with van der Waals surface area (Å²) in [6.07, 6.45) is 2.69. The molecule has 3 aromatic rings. The Balaban J connectivity index is 1.41. The number of hydrogen-bond donors (Lipinski definition) is 0. The van der Waals surface area contributed by atoms with Crippen LogP contribution in [0.4, 0.5) is 5.69 Å². The zero-order chi connectivity index (χ0) is 23.7. The molecule has 0 spiro atoms. The average molecular weight is 479 g/mol. The van der Waals surface area contributed by atoms with Gasteiger partial charge in [0.2, 0.25) is 5.75 Å². The molecule has 0 amide bonds. The van der Waals surface area contributed by atoms with Gasteiger partial charge in [-0.1, -0.05) is 42.5 Å². The summed E-state index contributed by atoms with van der Waals surface area (Å²) in [6.45, 7) is 7.06. The number of benzene rings is 2. The van der Waals surface area contributed by atoms with Gasteiger partial charge >= 0.3 is 5.56 Å². The highest BCUT2D eigenvalue weighted by Crippen LogP contribution is 2.36. The molecule has 0 radical (unpaired) electrons. The monoisotopic (exact) mass is 478 g/mol. The van der Waals surface area contributed by atoms with E-state index in [0.29, 0.717) is 49.9 Å². The summed E-state index contributed by atoms with van der Waals surface area (Å²) in [5.74, 6) is 0.619. The van der Waals surface area contributed by atoms with Gasteiger partial charge < -0.3 is 14.2 Å². The average Bonchev–Trinajstić information content (AvgIpc) is 2.85. The van der Waals surface area contributed by atoms with Crippen molar-refractivity contribution in [3.8, 4) is 11.4 Å². The zero-order valence-corrected chi connectivity index (χ0v) is 20.4. The lowest BCUT2D eigenvalue weighted by Crippen LogP contribution is -2.50. The van der Waals surface area contributed by atoms with Crippen molar-refractivity contribution >= 4 is 17.0 Å². The molecule has 2 atom stereocenters. The van der Waals surface area contributed by atoms with E-state index in [1.54, 1.807) is 6.20 Å². The first kappa shape index (κ1) is 23.0. The Labute approximate surface area is 203 Å². The van der Waals surface area contributed by atoms with Crippen LogP contribution in [0.2, 0.25) is 0 Å². The molecule has 2 unspecified atom stereocenters. The van der Waals surface area contributed by atoms with E-state index in [9.17, 15) is 9.35 Å². The molecule has 0 saturated carbocycles. The third kappa shape index (κ3) is 4.45. The van der Waals surface area contributed by atoms with E-state index in [2.05, 4.69) is 28.2 Å². The Bertz CT molecular complexity index is 1190. The maximum absolute atomic E-state index is 13.5. The second-order valence-corrected chi connectivity index (χ2v) is 11.1. The quantitative estimate of drug-likeness (QED) is 0.486. The standard InChI is InChI=1S/C26H30N4O3S/c1-19(2)34(32)29-14-12-28(13-15-29)24-17-27-30(22-9-4-3-5-10-22)26(31)25(24)33-18-21-16-20-8-6-7-11-23(20)21/h3-11,17,19,21H,12-16,18H2,1-2H3. The molecule has 0 bridgehead atoms. The van der Waals surface area contributed by atoms with Crippen molar-refractivity contribution < 1.29 is 9.29 Å². The summed E-state index contributed by atoms with van der Waals surface area (Å²) in [5, 5.41) is 4.56. The van der Waals surface area contributed by atoms with Gasteiger partial charge in [0.15, 0.2) is 0 Å². The predicted molar refractivity (Wildman–Crippen MR) is 135 cm³/mol. The third-order valence-corrected chi connectivity index (χ3v) is 8.22. The van der Waals surface area contributed by atoms with Gasteiger partial charge in [0.25, 0.3) is 0 Å². The Kier molecular flexibility index (Phi) is 6.63. The number of rotatable bonds is 7. The number of aromatic nitrogens is 2. The van der Waals surface area contributed by atoms with Crippen LogP contribution < -0.4 is 15.2 Å². The van der Waals surface area contributed by atoms with Crippen LogP contribution in [0.3, 0.4) is 0 Å². The Morgan fingerprint density at radius 1 is 1.06 bits per heavy atom. The molecule has 1 aliphatic heterocycles. The zero-order valence-electron chi connectivity index (χ0n) is 19.6. The SMILES string of the molecule is CC(C)[S+]([O-])N1CCN(c2cnn(-c3ccccc3)c(=O)c2OCC2Cc3ccccc32)CC1. The van der Waals surface area contributed by atoms with Crippen molar-refractivity contribution in [3.05, 3.63) is 82.3 Å². The van der Waals surface area contributed by atoms with Crippen LogP contribution >= 0.6 is 0 Å². The van der Waals surface area contributed by atoms with Crippen LogP contribution in [-0.2, 0) is 17.8 Å². The van der Waals surface area contributed by atoms with Gasteiger partial charge in [-0.3, -0.25) is 4.79 Å². The second-order valence-electron chi connectivity index (χ2n) is 9.06. The van der Waals surface area contributed by atoms with Crippen molar-refractivity contribution in [1.82, 2.24) is 14.1 Å². The fraction of sp³-hybridized carbons (Fsp3) is 0.385. The minimum atomic E-state index is -0.998. The highest BCUT2D eigenvalue weighted by Gasteiger charge is 2.31. The summed E-state index contributed by atoms with van der Waals surface area (Å²) >= 11 is -0.998. The molecule has 1 aromatic heterocycles. The van der Waals surface area contributed by atoms with Crippen LogP contribution in [-0.4, -0.2) is 56.7 Å². The maximum Gasteiger partial charge on any atom is 0.316 e. The summed E-state index contributed by atoms with van der Waals surface area (Å²) in [5.41, 5.74) is 3.80. The van der Waals surface area contributed by atoms with Crippen molar-refractivity contribution in [1.29, 1.82) is 0 Å². The van der Waals surface area contributed by atoms with E-state index in [1.165, 1.54) is 15.8 Å². The minimum Gasteiger partial charge on any atom is -0.598 e. The van der Waals surface area contributed by atoms with Gasteiger partial charge in [0, 0.05) is 30.4 Å². The lowest BCUT2D eigenvalue weighted by Gasteiger charge is -2.37. The number of ether oxygens (including phenoxy) is 1. The van der Waals surface area contributed by atoms with Crippen molar-refractivity contribution in [2.45, 2.75) is 31.4 Å². The molecule has 1 aliphatic carbocycles. The van der Waals surface area contributed by atoms with Gasteiger partial charge in [-0.25, -0.2) is 0 Å². The maximum atomic E-state index is 13.5. The molecule has 5 rings (SSSR count). The van der Waals surface area contributed by atoms with E-state index in [0.717, 1.165) is 6.42 Å². The fourth-order valence-electron chi connectivity index (χ4n) is 4.65. The van der Waals surface area contributed by atoms with Gasteiger partial charge in [0.05, 0.1) is 31.6 Å². The first-order valence-corrected chi connectivity index (χ1v) is 13.0. The molecule has 7 nitrogen and oxygen atoms in total. The summed E-state index contributed by atoms with van der Waals surface area (Å²) < 4.78 is 22.2. The highest BCUT2D eigenvalue weighted by molar-refractivity contribution is 7.89. The summed E-state index contributed by atoms with van der Waals surface area (Å²) in [7, 11) is 0. The number of para-hydroxylation sites is 1. The first-order chi connectivity index (χ1) is 16.5. The Morgan fingerprint density at radius 2 is 1.76 bits per heavy atom. The van der Waals surface area contributed by atoms with E-state index in [-0.39, 0.29) is 16.7 Å². The molecular weight excluding hydrogens is 448 g/mol. The van der Waals surface area contributed by atoms with Crippen molar-refractivity contribution in [3.63, 3.8) is 0 Å². The smallest absolute Gasteiger partial charge is 0.316 e. The van der Waals surface area contributed by atoms with Gasteiger partial charge in [-0.15, -0.1) is 4.31 Å². The van der Waals surface area contributed by atoms with E-state index >= 15 is 0 Å². The molecular formula is C26H30N4O3S. The topological polar surface area (TPSA) is 73.7 Å². The largest absolute Gasteiger partial charge is 0.598 e. The molecule has 2 aromatic carbocycles. The molecule has 178 valence electrons. The molecule has 2 heterocycles. The molecule has 34 heavy (non-hydrogen) atoms. The molecule has 0 N–H and O–H groups in total. The van der Waals surface area contributed by atoms with E-state index in [4.69, 9.17) is 4.74 Å². The van der Waals surface area contributed by atoms with Crippen LogP contribution in [0.5, 0.6) is 5.75 Å². The Morgan fingerprint density at radius 3 is 2.47 bits per heavy atom. The second kappa shape index (κ2) is 9.82. The first-order valence-electron chi connectivity index (χ1n) is 11.8. The highest BCUT2D eigenvalue weighted by atomic mass is 32.2. The lowest BCUT2D eigenvalue weighted by molar-refractivity contribution is 0.269. The summed E-state index contributed by atoms with van der Waals surface area (Å²) in [6, 6.07) is 17.8. The van der Waals surface area contributed by atoms with Crippen LogP contribution in [0.15, 0.2) is 65.6 Å². The van der Waals surface area contributed by atoms with Crippen LogP contribution in [0.25, 0.3) is 5.69 Å². The molecule has 1 saturated heterocycles. The van der Waals surface area contributed by atoms with Crippen molar-refractivity contribution in [2.75, 3.05) is 37.7 Å². The third-order valence-electron chi connectivity index (χ3n) is 6.54. The van der Waals surface area contributed by atoms with Crippen LogP contribution in [0, 0.1) is 0 Å². The number of nitrogens with zero attached hydrogens (tertiary/aromatic N) is 4. The lowest BCUT2D eigenvalue weighted by atomic mass is 9.78. The van der Waals surface area contributed by atoms with E-state index < -0.39 is 11.4 Å². The van der Waals surface area contributed by atoms with Gasteiger partial charge in [-0.05, 0) is 43.5 Å². The molecule has 8 heteroatoms. The van der Waals surface area contributed by atoms with Gasteiger partial charge in [0.1, 0.15) is 10.9 Å². The predicted octanol–water partition coefficient (Wildman–Crippen LogP) is 3.15.